The van der Waals surface area contributed by atoms with Crippen LogP contribution >= 0.6 is 0 Å². The summed E-state index contributed by atoms with van der Waals surface area (Å²) < 4.78 is 0. The van der Waals surface area contributed by atoms with E-state index in [4.69, 9.17) is 0 Å². The molecular formula is C12H12N2O. The van der Waals surface area contributed by atoms with Crippen LogP contribution in [0, 0.1) is 13.8 Å². The molecule has 0 fully saturated rings. The third-order valence-corrected chi connectivity index (χ3v) is 2.36. The minimum absolute atomic E-state index is 0.312. The van der Waals surface area contributed by atoms with Gasteiger partial charge in [-0.05, 0) is 31.5 Å². The molecular weight excluding hydrogens is 188 g/mol. The third-order valence-electron chi connectivity index (χ3n) is 2.36. The molecule has 0 atom stereocenters. The van der Waals surface area contributed by atoms with Gasteiger partial charge < -0.3 is 4.98 Å². The van der Waals surface area contributed by atoms with Crippen molar-refractivity contribution in [1.82, 2.24) is 9.97 Å². The summed E-state index contributed by atoms with van der Waals surface area (Å²) in [6, 6.07) is 7.96. The maximum absolute atomic E-state index is 11.1. The molecule has 0 bridgehead atoms. The number of nitrogens with zero attached hydrogens (tertiary/aromatic N) is 1. The Hall–Kier alpha value is -1.90. The van der Waals surface area contributed by atoms with E-state index in [0.29, 0.717) is 0 Å². The fourth-order valence-corrected chi connectivity index (χ4v) is 1.55. The molecule has 0 aliphatic heterocycles. The predicted molar refractivity (Wildman–Crippen MR) is 59.8 cm³/mol. The Labute approximate surface area is 87.8 Å². The summed E-state index contributed by atoms with van der Waals surface area (Å²) in [4.78, 5) is 17.4. The SMILES string of the molecule is Cc1ccc(C)c(-c2ccnc(=O)[nH]2)c1. The molecule has 1 N–H and O–H groups in total. The molecule has 76 valence electrons. The average Bonchev–Trinajstić information content (AvgIpc) is 2.22. The first-order chi connectivity index (χ1) is 7.16. The van der Waals surface area contributed by atoms with Crippen LogP contribution in [0.3, 0.4) is 0 Å². The number of aromatic amines is 1. The third kappa shape index (κ3) is 1.96. The van der Waals surface area contributed by atoms with Gasteiger partial charge in [0.1, 0.15) is 0 Å². The van der Waals surface area contributed by atoms with Crippen molar-refractivity contribution in [2.75, 3.05) is 0 Å². The summed E-state index contributed by atoms with van der Waals surface area (Å²) in [5.41, 5.74) is 3.87. The normalized spacial score (nSPS) is 10.3. The second-order valence-corrected chi connectivity index (χ2v) is 3.61. The number of nitrogens with one attached hydrogen (secondary N) is 1. The van der Waals surface area contributed by atoms with Gasteiger partial charge in [-0.1, -0.05) is 17.7 Å². The van der Waals surface area contributed by atoms with Crippen LogP contribution in [0.4, 0.5) is 0 Å². The van der Waals surface area contributed by atoms with Crippen molar-refractivity contribution >= 4 is 0 Å². The molecule has 0 saturated carbocycles. The highest BCUT2D eigenvalue weighted by atomic mass is 16.1. The summed E-state index contributed by atoms with van der Waals surface area (Å²) in [7, 11) is 0. The van der Waals surface area contributed by atoms with E-state index in [2.05, 4.69) is 22.1 Å². The van der Waals surface area contributed by atoms with Crippen LogP contribution in [0.2, 0.25) is 0 Å². The first kappa shape index (κ1) is 9.65. The van der Waals surface area contributed by atoms with Gasteiger partial charge in [0.2, 0.25) is 0 Å². The minimum Gasteiger partial charge on any atom is -0.305 e. The highest BCUT2D eigenvalue weighted by Gasteiger charge is 2.02. The minimum atomic E-state index is -0.312. The Morgan fingerprint density at radius 1 is 1.20 bits per heavy atom. The van der Waals surface area contributed by atoms with Crippen LogP contribution in [-0.4, -0.2) is 9.97 Å². The Bertz CT molecular complexity index is 543. The van der Waals surface area contributed by atoms with Gasteiger partial charge in [0, 0.05) is 11.8 Å². The number of benzene rings is 1. The van der Waals surface area contributed by atoms with Crippen molar-refractivity contribution in [2.45, 2.75) is 13.8 Å². The molecule has 3 nitrogen and oxygen atoms in total. The highest BCUT2D eigenvalue weighted by molar-refractivity contribution is 5.63. The van der Waals surface area contributed by atoms with E-state index in [1.165, 1.54) is 11.8 Å². The Kier molecular flexibility index (Phi) is 2.37. The van der Waals surface area contributed by atoms with Gasteiger partial charge >= 0.3 is 5.69 Å². The molecule has 15 heavy (non-hydrogen) atoms. The number of H-pyrrole nitrogens is 1. The van der Waals surface area contributed by atoms with Crippen LogP contribution in [0.25, 0.3) is 11.3 Å². The summed E-state index contributed by atoms with van der Waals surface area (Å²) in [5.74, 6) is 0. The van der Waals surface area contributed by atoms with Gasteiger partial charge in [-0.2, -0.15) is 0 Å². The molecule has 2 aromatic rings. The molecule has 0 unspecified atom stereocenters. The molecule has 2 rings (SSSR count). The zero-order valence-electron chi connectivity index (χ0n) is 8.74. The smallest absolute Gasteiger partial charge is 0.305 e. The van der Waals surface area contributed by atoms with Crippen LogP contribution in [0.15, 0.2) is 35.3 Å². The largest absolute Gasteiger partial charge is 0.345 e. The average molecular weight is 200 g/mol. The molecule has 0 amide bonds. The molecule has 1 heterocycles. The first-order valence-corrected chi connectivity index (χ1v) is 4.80. The lowest BCUT2D eigenvalue weighted by molar-refractivity contribution is 1.08. The van der Waals surface area contributed by atoms with Crippen molar-refractivity contribution in [3.63, 3.8) is 0 Å². The molecule has 1 aromatic carbocycles. The Morgan fingerprint density at radius 3 is 2.73 bits per heavy atom. The van der Waals surface area contributed by atoms with Crippen LogP contribution in [0.1, 0.15) is 11.1 Å². The molecule has 0 aliphatic carbocycles. The van der Waals surface area contributed by atoms with E-state index in [9.17, 15) is 4.79 Å². The molecule has 3 heteroatoms. The number of aryl methyl sites for hydroxylation is 2. The topological polar surface area (TPSA) is 45.8 Å². The van der Waals surface area contributed by atoms with Crippen molar-refractivity contribution in [3.05, 3.63) is 52.1 Å². The molecule has 0 radical (unpaired) electrons. The summed E-state index contributed by atoms with van der Waals surface area (Å²) in [5, 5.41) is 0. The quantitative estimate of drug-likeness (QED) is 0.765. The van der Waals surface area contributed by atoms with E-state index in [1.807, 2.05) is 26.0 Å². The maximum atomic E-state index is 11.1. The fraction of sp³-hybridized carbons (Fsp3) is 0.167. The predicted octanol–water partition coefficient (Wildman–Crippen LogP) is 2.05. The monoisotopic (exact) mass is 200 g/mol. The van der Waals surface area contributed by atoms with Gasteiger partial charge in [0.15, 0.2) is 0 Å². The highest BCUT2D eigenvalue weighted by Crippen LogP contribution is 2.21. The van der Waals surface area contributed by atoms with E-state index in [0.717, 1.165) is 16.8 Å². The van der Waals surface area contributed by atoms with Gasteiger partial charge in [-0.3, -0.25) is 0 Å². The Balaban J connectivity index is 2.63. The summed E-state index contributed by atoms with van der Waals surface area (Å²) in [6.07, 6.45) is 1.52. The van der Waals surface area contributed by atoms with Crippen LogP contribution in [0.5, 0.6) is 0 Å². The van der Waals surface area contributed by atoms with Crippen molar-refractivity contribution in [1.29, 1.82) is 0 Å². The summed E-state index contributed by atoms with van der Waals surface area (Å²) >= 11 is 0. The Morgan fingerprint density at radius 2 is 2.00 bits per heavy atom. The maximum Gasteiger partial charge on any atom is 0.345 e. The van der Waals surface area contributed by atoms with E-state index in [-0.39, 0.29) is 5.69 Å². The van der Waals surface area contributed by atoms with Crippen molar-refractivity contribution < 1.29 is 0 Å². The van der Waals surface area contributed by atoms with Crippen molar-refractivity contribution in [3.8, 4) is 11.3 Å². The van der Waals surface area contributed by atoms with Crippen LogP contribution in [-0.2, 0) is 0 Å². The van der Waals surface area contributed by atoms with Gasteiger partial charge in [-0.15, -0.1) is 0 Å². The molecule has 0 saturated heterocycles. The van der Waals surface area contributed by atoms with Gasteiger partial charge in [0.05, 0.1) is 5.69 Å². The molecule has 1 aromatic heterocycles. The van der Waals surface area contributed by atoms with Crippen molar-refractivity contribution in [2.24, 2.45) is 0 Å². The second kappa shape index (κ2) is 3.69. The lowest BCUT2D eigenvalue weighted by atomic mass is 10.0. The lowest BCUT2D eigenvalue weighted by Crippen LogP contribution is -2.09. The van der Waals surface area contributed by atoms with E-state index in [1.54, 1.807) is 0 Å². The number of aromatic nitrogens is 2. The summed E-state index contributed by atoms with van der Waals surface area (Å²) in [6.45, 7) is 4.05. The van der Waals surface area contributed by atoms with Gasteiger partial charge in [0.25, 0.3) is 0 Å². The van der Waals surface area contributed by atoms with E-state index < -0.39 is 0 Å². The number of rotatable bonds is 1. The zero-order valence-corrected chi connectivity index (χ0v) is 8.74. The number of hydrogen-bond acceptors (Lipinski definition) is 2. The van der Waals surface area contributed by atoms with E-state index >= 15 is 0 Å². The number of hydrogen-bond donors (Lipinski definition) is 1. The van der Waals surface area contributed by atoms with Gasteiger partial charge in [-0.25, -0.2) is 9.78 Å². The standard InChI is InChI=1S/C12H12N2O/c1-8-3-4-9(2)10(7-8)11-5-6-13-12(15)14-11/h3-7H,1-2H3,(H,13,14,15). The first-order valence-electron chi connectivity index (χ1n) is 4.80. The second-order valence-electron chi connectivity index (χ2n) is 3.61. The molecule has 0 aliphatic rings. The fourth-order valence-electron chi connectivity index (χ4n) is 1.55. The molecule has 0 spiro atoms. The zero-order chi connectivity index (χ0) is 10.8. The lowest BCUT2D eigenvalue weighted by Gasteiger charge is -2.06. The van der Waals surface area contributed by atoms with Crippen LogP contribution < -0.4 is 5.69 Å².